The lowest BCUT2D eigenvalue weighted by Crippen LogP contribution is -2.12. The van der Waals surface area contributed by atoms with E-state index in [2.05, 4.69) is 56.2 Å². The molecular weight excluding hydrogens is 248 g/mol. The summed E-state index contributed by atoms with van der Waals surface area (Å²) in [5.74, 6) is 2.28. The number of rotatable bonds is 3. The van der Waals surface area contributed by atoms with Crippen LogP contribution < -0.4 is 10.1 Å². The zero-order valence-corrected chi connectivity index (χ0v) is 12.8. The molecule has 0 atom stereocenters. The maximum Gasteiger partial charge on any atom is 0.221 e. The number of hydrogen-bond acceptors (Lipinski definition) is 3. The third kappa shape index (κ3) is 3.29. The Kier molecular flexibility index (Phi) is 3.98. The summed E-state index contributed by atoms with van der Waals surface area (Å²) in [6, 6.07) is 12.0. The van der Waals surface area contributed by atoms with Crippen LogP contribution in [0.5, 0.6) is 11.6 Å². The van der Waals surface area contributed by atoms with Crippen molar-refractivity contribution >= 4 is 5.82 Å². The van der Waals surface area contributed by atoms with Gasteiger partial charge in [0.2, 0.25) is 5.88 Å². The molecule has 1 aromatic heterocycles. The molecule has 0 fully saturated rings. The van der Waals surface area contributed by atoms with Crippen LogP contribution in [0, 0.1) is 6.92 Å². The average Bonchev–Trinajstić information content (AvgIpc) is 2.37. The van der Waals surface area contributed by atoms with Crippen molar-refractivity contribution in [3.8, 4) is 11.6 Å². The number of pyridine rings is 1. The standard InChI is InChI=1S/C17H22N2O/c1-12-9-10-13(17(2,3)4)14(11-12)20-16-8-6-7-15(18-5)19-16/h6-11H,1-5H3,(H,18,19). The fraction of sp³-hybridized carbons (Fsp3) is 0.353. The molecule has 0 spiro atoms. The normalized spacial score (nSPS) is 11.2. The Balaban J connectivity index is 2.39. The van der Waals surface area contributed by atoms with Crippen molar-refractivity contribution in [1.29, 1.82) is 0 Å². The van der Waals surface area contributed by atoms with E-state index in [1.165, 1.54) is 11.1 Å². The molecule has 0 saturated carbocycles. The second kappa shape index (κ2) is 5.53. The van der Waals surface area contributed by atoms with Crippen LogP contribution in [0.15, 0.2) is 36.4 Å². The van der Waals surface area contributed by atoms with Crippen molar-refractivity contribution in [2.45, 2.75) is 33.1 Å². The van der Waals surface area contributed by atoms with Gasteiger partial charge in [0.1, 0.15) is 11.6 Å². The van der Waals surface area contributed by atoms with E-state index in [1.54, 1.807) is 0 Å². The van der Waals surface area contributed by atoms with E-state index in [0.717, 1.165) is 11.6 Å². The Morgan fingerprint density at radius 2 is 1.85 bits per heavy atom. The first-order valence-electron chi connectivity index (χ1n) is 6.84. The summed E-state index contributed by atoms with van der Waals surface area (Å²) in [4.78, 5) is 4.41. The first kappa shape index (κ1) is 14.4. The Bertz CT molecular complexity index is 600. The molecule has 0 aliphatic rings. The van der Waals surface area contributed by atoms with Crippen molar-refractivity contribution in [3.63, 3.8) is 0 Å². The monoisotopic (exact) mass is 270 g/mol. The topological polar surface area (TPSA) is 34.1 Å². The van der Waals surface area contributed by atoms with E-state index in [4.69, 9.17) is 4.74 Å². The smallest absolute Gasteiger partial charge is 0.221 e. The summed E-state index contributed by atoms with van der Waals surface area (Å²) in [6.07, 6.45) is 0. The quantitative estimate of drug-likeness (QED) is 0.890. The molecule has 3 nitrogen and oxygen atoms in total. The largest absolute Gasteiger partial charge is 0.439 e. The fourth-order valence-electron chi connectivity index (χ4n) is 2.06. The number of anilines is 1. The van der Waals surface area contributed by atoms with Crippen molar-refractivity contribution in [1.82, 2.24) is 4.98 Å². The molecule has 2 aromatic rings. The number of aryl methyl sites for hydroxylation is 1. The van der Waals surface area contributed by atoms with Gasteiger partial charge in [-0.1, -0.05) is 39.0 Å². The van der Waals surface area contributed by atoms with E-state index >= 15 is 0 Å². The first-order chi connectivity index (χ1) is 9.40. The zero-order valence-electron chi connectivity index (χ0n) is 12.8. The maximum absolute atomic E-state index is 6.01. The zero-order chi connectivity index (χ0) is 14.8. The van der Waals surface area contributed by atoms with Gasteiger partial charge >= 0.3 is 0 Å². The highest BCUT2D eigenvalue weighted by molar-refractivity contribution is 5.44. The highest BCUT2D eigenvalue weighted by Gasteiger charge is 2.19. The lowest BCUT2D eigenvalue weighted by atomic mass is 9.86. The highest BCUT2D eigenvalue weighted by Crippen LogP contribution is 2.34. The molecule has 0 aliphatic carbocycles. The van der Waals surface area contributed by atoms with Gasteiger partial charge in [-0.3, -0.25) is 0 Å². The summed E-state index contributed by atoms with van der Waals surface area (Å²) in [7, 11) is 1.85. The van der Waals surface area contributed by atoms with Gasteiger partial charge in [0.15, 0.2) is 0 Å². The molecule has 1 heterocycles. The second-order valence-corrected chi connectivity index (χ2v) is 5.96. The maximum atomic E-state index is 6.01. The predicted molar refractivity (Wildman–Crippen MR) is 83.7 cm³/mol. The minimum absolute atomic E-state index is 0.0314. The van der Waals surface area contributed by atoms with Crippen molar-refractivity contribution in [2.24, 2.45) is 0 Å². The van der Waals surface area contributed by atoms with Gasteiger partial charge < -0.3 is 10.1 Å². The van der Waals surface area contributed by atoms with Gasteiger partial charge in [-0.25, -0.2) is 0 Å². The van der Waals surface area contributed by atoms with E-state index in [9.17, 15) is 0 Å². The van der Waals surface area contributed by atoms with E-state index in [1.807, 2.05) is 25.2 Å². The summed E-state index contributed by atoms with van der Waals surface area (Å²) >= 11 is 0. The number of hydrogen-bond donors (Lipinski definition) is 1. The third-order valence-corrected chi connectivity index (χ3v) is 3.14. The van der Waals surface area contributed by atoms with E-state index < -0.39 is 0 Å². The summed E-state index contributed by atoms with van der Waals surface area (Å²) < 4.78 is 6.01. The molecule has 3 heteroatoms. The molecule has 2 rings (SSSR count). The predicted octanol–water partition coefficient (Wildman–Crippen LogP) is 4.52. The third-order valence-electron chi connectivity index (χ3n) is 3.14. The Morgan fingerprint density at radius 3 is 2.50 bits per heavy atom. The molecule has 1 aromatic carbocycles. The molecule has 1 N–H and O–H groups in total. The van der Waals surface area contributed by atoms with Gasteiger partial charge in [-0.2, -0.15) is 4.98 Å². The molecular formula is C17H22N2O. The van der Waals surface area contributed by atoms with Crippen LogP contribution in [0.1, 0.15) is 31.9 Å². The van der Waals surface area contributed by atoms with Crippen LogP contribution in [0.25, 0.3) is 0 Å². The lowest BCUT2D eigenvalue weighted by Gasteiger charge is -2.23. The molecule has 0 radical (unpaired) electrons. The van der Waals surface area contributed by atoms with Crippen molar-refractivity contribution in [3.05, 3.63) is 47.5 Å². The lowest BCUT2D eigenvalue weighted by molar-refractivity contribution is 0.440. The van der Waals surface area contributed by atoms with Gasteiger partial charge in [0.25, 0.3) is 0 Å². The van der Waals surface area contributed by atoms with Gasteiger partial charge in [0, 0.05) is 18.7 Å². The SMILES string of the molecule is CNc1cccc(Oc2cc(C)ccc2C(C)(C)C)n1. The van der Waals surface area contributed by atoms with Gasteiger partial charge in [0.05, 0.1) is 0 Å². The fourth-order valence-corrected chi connectivity index (χ4v) is 2.06. The van der Waals surface area contributed by atoms with Crippen LogP contribution in [-0.4, -0.2) is 12.0 Å². The number of aromatic nitrogens is 1. The van der Waals surface area contributed by atoms with Crippen LogP contribution in [0.2, 0.25) is 0 Å². The Morgan fingerprint density at radius 1 is 1.10 bits per heavy atom. The minimum Gasteiger partial charge on any atom is -0.439 e. The molecule has 106 valence electrons. The van der Waals surface area contributed by atoms with Crippen LogP contribution in [0.3, 0.4) is 0 Å². The van der Waals surface area contributed by atoms with Crippen LogP contribution in [-0.2, 0) is 5.41 Å². The number of ether oxygens (including phenoxy) is 1. The van der Waals surface area contributed by atoms with Crippen molar-refractivity contribution in [2.75, 3.05) is 12.4 Å². The number of nitrogens with one attached hydrogen (secondary N) is 1. The summed E-state index contributed by atoms with van der Waals surface area (Å²) in [6.45, 7) is 8.61. The molecule has 0 unspecified atom stereocenters. The minimum atomic E-state index is 0.0314. The number of benzene rings is 1. The molecule has 0 amide bonds. The summed E-state index contributed by atoms with van der Waals surface area (Å²) in [5, 5.41) is 3.02. The van der Waals surface area contributed by atoms with Crippen molar-refractivity contribution < 1.29 is 4.74 Å². The molecule has 0 aliphatic heterocycles. The first-order valence-corrected chi connectivity index (χ1v) is 6.84. The van der Waals surface area contributed by atoms with E-state index in [-0.39, 0.29) is 5.41 Å². The highest BCUT2D eigenvalue weighted by atomic mass is 16.5. The Hall–Kier alpha value is -2.03. The molecule has 0 bridgehead atoms. The van der Waals surface area contributed by atoms with Gasteiger partial charge in [-0.15, -0.1) is 0 Å². The summed E-state index contributed by atoms with van der Waals surface area (Å²) in [5.41, 5.74) is 2.39. The number of nitrogens with zero attached hydrogens (tertiary/aromatic N) is 1. The molecule has 0 saturated heterocycles. The van der Waals surface area contributed by atoms with Crippen LogP contribution >= 0.6 is 0 Å². The van der Waals surface area contributed by atoms with Gasteiger partial charge in [-0.05, 0) is 30.0 Å². The molecule has 20 heavy (non-hydrogen) atoms. The average molecular weight is 270 g/mol. The van der Waals surface area contributed by atoms with E-state index in [0.29, 0.717) is 5.88 Å². The second-order valence-electron chi connectivity index (χ2n) is 5.96. The Labute approximate surface area is 121 Å². The van der Waals surface area contributed by atoms with Crippen LogP contribution in [0.4, 0.5) is 5.82 Å².